The first-order valence-corrected chi connectivity index (χ1v) is 4.17. The second-order valence-corrected chi connectivity index (χ2v) is 2.75. The molecule has 66 valence electrons. The van der Waals surface area contributed by atoms with Crippen molar-refractivity contribution in [2.24, 2.45) is 5.73 Å². The molecule has 0 saturated heterocycles. The Kier molecular flexibility index (Phi) is 3.11. The predicted molar refractivity (Wildman–Crippen MR) is 50.3 cm³/mol. The van der Waals surface area contributed by atoms with Gasteiger partial charge in [-0.15, -0.1) is 0 Å². The number of ether oxygens (including phenoxy) is 1. The fraction of sp³-hybridized carbons (Fsp3) is 0.400. The molecule has 0 aliphatic rings. The molecule has 0 bridgehead atoms. The molecule has 2 heteroatoms. The number of hydrogen-bond acceptors (Lipinski definition) is 2. The molecular formula is C10H15NO. The molecule has 0 unspecified atom stereocenters. The van der Waals surface area contributed by atoms with Crippen LogP contribution in [0.1, 0.15) is 18.1 Å². The highest BCUT2D eigenvalue weighted by atomic mass is 16.5. The lowest BCUT2D eigenvalue weighted by Crippen LogP contribution is -1.98. The third kappa shape index (κ3) is 1.98. The van der Waals surface area contributed by atoms with Gasteiger partial charge in [0.1, 0.15) is 5.75 Å². The summed E-state index contributed by atoms with van der Waals surface area (Å²) in [6.07, 6.45) is 1.02. The third-order valence-electron chi connectivity index (χ3n) is 1.91. The van der Waals surface area contributed by atoms with Crippen molar-refractivity contribution in [2.45, 2.75) is 19.9 Å². The standard InChI is InChI=1S/C10H15NO/c1-3-8-4-9(7-11)6-10(5-8)12-2/h4-6H,3,7,11H2,1-2H3. The first kappa shape index (κ1) is 9.07. The van der Waals surface area contributed by atoms with Crippen LogP contribution in [0, 0.1) is 0 Å². The average Bonchev–Trinajstić information content (AvgIpc) is 2.16. The summed E-state index contributed by atoms with van der Waals surface area (Å²) in [5, 5.41) is 0. The Labute approximate surface area is 73.3 Å². The van der Waals surface area contributed by atoms with Gasteiger partial charge in [0.05, 0.1) is 7.11 Å². The maximum absolute atomic E-state index is 5.54. The topological polar surface area (TPSA) is 35.2 Å². The molecule has 2 nitrogen and oxygen atoms in total. The minimum absolute atomic E-state index is 0.574. The van der Waals surface area contributed by atoms with Crippen LogP contribution in [-0.4, -0.2) is 7.11 Å². The highest BCUT2D eigenvalue weighted by Gasteiger charge is 1.97. The van der Waals surface area contributed by atoms with E-state index in [2.05, 4.69) is 13.0 Å². The van der Waals surface area contributed by atoms with Gasteiger partial charge in [-0.1, -0.05) is 13.0 Å². The summed E-state index contributed by atoms with van der Waals surface area (Å²) in [5.41, 5.74) is 7.95. The van der Waals surface area contributed by atoms with Gasteiger partial charge in [-0.25, -0.2) is 0 Å². The first-order valence-electron chi connectivity index (χ1n) is 4.17. The lowest BCUT2D eigenvalue weighted by Gasteiger charge is -2.05. The minimum Gasteiger partial charge on any atom is -0.497 e. The van der Waals surface area contributed by atoms with Crippen LogP contribution in [0.4, 0.5) is 0 Å². The maximum Gasteiger partial charge on any atom is 0.119 e. The van der Waals surface area contributed by atoms with Gasteiger partial charge in [-0.3, -0.25) is 0 Å². The Balaban J connectivity index is 3.01. The van der Waals surface area contributed by atoms with Crippen LogP contribution in [-0.2, 0) is 13.0 Å². The van der Waals surface area contributed by atoms with E-state index in [0.29, 0.717) is 6.54 Å². The number of benzene rings is 1. The zero-order chi connectivity index (χ0) is 8.97. The largest absolute Gasteiger partial charge is 0.497 e. The molecule has 0 fully saturated rings. The first-order chi connectivity index (χ1) is 5.80. The SMILES string of the molecule is CCc1cc(CN)cc(OC)c1. The Morgan fingerprint density at radius 1 is 1.25 bits per heavy atom. The molecule has 2 N–H and O–H groups in total. The molecule has 0 aliphatic carbocycles. The Morgan fingerprint density at radius 3 is 2.42 bits per heavy atom. The lowest BCUT2D eigenvalue weighted by atomic mass is 10.1. The van der Waals surface area contributed by atoms with Crippen molar-refractivity contribution >= 4 is 0 Å². The summed E-state index contributed by atoms with van der Waals surface area (Å²) in [6.45, 7) is 2.69. The quantitative estimate of drug-likeness (QED) is 0.740. The molecule has 1 aromatic rings. The van der Waals surface area contributed by atoms with Crippen molar-refractivity contribution in [3.8, 4) is 5.75 Å². The molecule has 0 spiro atoms. The summed E-state index contributed by atoms with van der Waals surface area (Å²) in [4.78, 5) is 0. The normalized spacial score (nSPS) is 9.92. The van der Waals surface area contributed by atoms with Crippen molar-refractivity contribution in [1.82, 2.24) is 0 Å². The molecule has 12 heavy (non-hydrogen) atoms. The molecule has 0 aliphatic heterocycles. The zero-order valence-electron chi connectivity index (χ0n) is 7.63. The third-order valence-corrected chi connectivity index (χ3v) is 1.91. The Bertz CT molecular complexity index is 203. The van der Waals surface area contributed by atoms with Crippen LogP contribution in [0.3, 0.4) is 0 Å². The van der Waals surface area contributed by atoms with Crippen molar-refractivity contribution < 1.29 is 4.74 Å². The van der Waals surface area contributed by atoms with Crippen molar-refractivity contribution in [2.75, 3.05) is 7.11 Å². The van der Waals surface area contributed by atoms with E-state index in [-0.39, 0.29) is 0 Å². The second kappa shape index (κ2) is 4.12. The fourth-order valence-corrected chi connectivity index (χ4v) is 1.17. The summed E-state index contributed by atoms with van der Waals surface area (Å²) < 4.78 is 5.14. The zero-order valence-corrected chi connectivity index (χ0v) is 7.63. The van der Waals surface area contributed by atoms with Gasteiger partial charge in [-0.2, -0.15) is 0 Å². The molecule has 0 atom stereocenters. The van der Waals surface area contributed by atoms with E-state index in [0.717, 1.165) is 17.7 Å². The van der Waals surface area contributed by atoms with E-state index >= 15 is 0 Å². The molecule has 0 radical (unpaired) electrons. The van der Waals surface area contributed by atoms with Crippen LogP contribution >= 0.6 is 0 Å². The summed E-state index contributed by atoms with van der Waals surface area (Å²) in [5.74, 6) is 0.898. The van der Waals surface area contributed by atoms with Gasteiger partial charge in [-0.05, 0) is 29.7 Å². The lowest BCUT2D eigenvalue weighted by molar-refractivity contribution is 0.414. The van der Waals surface area contributed by atoms with E-state index in [4.69, 9.17) is 10.5 Å². The van der Waals surface area contributed by atoms with Gasteiger partial charge in [0, 0.05) is 6.54 Å². The second-order valence-electron chi connectivity index (χ2n) is 2.75. The molecule has 0 amide bonds. The number of hydrogen-bond donors (Lipinski definition) is 1. The van der Waals surface area contributed by atoms with Gasteiger partial charge in [0.15, 0.2) is 0 Å². The predicted octanol–water partition coefficient (Wildman–Crippen LogP) is 1.72. The number of rotatable bonds is 3. The van der Waals surface area contributed by atoms with Crippen LogP contribution < -0.4 is 10.5 Å². The van der Waals surface area contributed by atoms with Crippen LogP contribution in [0.25, 0.3) is 0 Å². The molecule has 0 heterocycles. The van der Waals surface area contributed by atoms with E-state index in [1.165, 1.54) is 5.56 Å². The molecule has 0 saturated carbocycles. The Hall–Kier alpha value is -1.02. The molecule has 1 aromatic carbocycles. The summed E-state index contributed by atoms with van der Waals surface area (Å²) in [7, 11) is 1.68. The maximum atomic E-state index is 5.54. The van der Waals surface area contributed by atoms with Gasteiger partial charge < -0.3 is 10.5 Å². The molecule has 1 rings (SSSR count). The monoisotopic (exact) mass is 165 g/mol. The summed E-state index contributed by atoms with van der Waals surface area (Å²) >= 11 is 0. The highest BCUT2D eigenvalue weighted by molar-refractivity contribution is 5.34. The van der Waals surface area contributed by atoms with Crippen molar-refractivity contribution in [3.05, 3.63) is 29.3 Å². The van der Waals surface area contributed by atoms with E-state index < -0.39 is 0 Å². The molecular weight excluding hydrogens is 150 g/mol. The van der Waals surface area contributed by atoms with Crippen LogP contribution in [0.15, 0.2) is 18.2 Å². The number of aryl methyl sites for hydroxylation is 1. The van der Waals surface area contributed by atoms with Crippen LogP contribution in [0.2, 0.25) is 0 Å². The smallest absolute Gasteiger partial charge is 0.119 e. The number of methoxy groups -OCH3 is 1. The number of nitrogens with two attached hydrogens (primary N) is 1. The highest BCUT2D eigenvalue weighted by Crippen LogP contribution is 2.16. The molecule has 0 aromatic heterocycles. The average molecular weight is 165 g/mol. The van der Waals surface area contributed by atoms with E-state index in [9.17, 15) is 0 Å². The minimum atomic E-state index is 0.574. The van der Waals surface area contributed by atoms with Gasteiger partial charge in [0.2, 0.25) is 0 Å². The Morgan fingerprint density at radius 2 is 1.92 bits per heavy atom. The fourth-order valence-electron chi connectivity index (χ4n) is 1.17. The van der Waals surface area contributed by atoms with Gasteiger partial charge in [0.25, 0.3) is 0 Å². The summed E-state index contributed by atoms with van der Waals surface area (Å²) in [6, 6.07) is 6.13. The van der Waals surface area contributed by atoms with Crippen molar-refractivity contribution in [3.63, 3.8) is 0 Å². The van der Waals surface area contributed by atoms with E-state index in [1.54, 1.807) is 7.11 Å². The van der Waals surface area contributed by atoms with Gasteiger partial charge >= 0.3 is 0 Å². The van der Waals surface area contributed by atoms with E-state index in [1.807, 2.05) is 12.1 Å². The van der Waals surface area contributed by atoms with Crippen LogP contribution in [0.5, 0.6) is 5.75 Å². The van der Waals surface area contributed by atoms with Crippen molar-refractivity contribution in [1.29, 1.82) is 0 Å².